The first-order valence-corrected chi connectivity index (χ1v) is 7.52. The van der Waals surface area contributed by atoms with Crippen molar-refractivity contribution in [2.45, 2.75) is 25.0 Å². The SMILES string of the molecule is Nc1cccc2cc(OC(=O)CC3CC4C=CC3O4)ccc12. The maximum atomic E-state index is 12.1. The average Bonchev–Trinajstić information content (AvgIpc) is 3.10. The van der Waals surface area contributed by atoms with Crippen molar-refractivity contribution in [2.75, 3.05) is 5.73 Å². The van der Waals surface area contributed by atoms with Crippen LogP contribution in [0.2, 0.25) is 0 Å². The van der Waals surface area contributed by atoms with Crippen LogP contribution in [0.1, 0.15) is 12.8 Å². The van der Waals surface area contributed by atoms with Crippen LogP contribution in [0.5, 0.6) is 5.75 Å². The molecule has 3 unspecified atom stereocenters. The molecule has 2 aromatic rings. The molecule has 0 radical (unpaired) electrons. The highest BCUT2D eigenvalue weighted by Crippen LogP contribution is 2.36. The Bertz CT molecular complexity index is 768. The summed E-state index contributed by atoms with van der Waals surface area (Å²) in [5.74, 6) is 0.583. The van der Waals surface area contributed by atoms with Crippen LogP contribution in [0, 0.1) is 5.92 Å². The second-order valence-corrected chi connectivity index (χ2v) is 5.93. The van der Waals surface area contributed by atoms with E-state index >= 15 is 0 Å². The molecule has 2 aliphatic heterocycles. The number of fused-ring (bicyclic) bond motifs is 3. The van der Waals surface area contributed by atoms with Crippen molar-refractivity contribution >= 4 is 22.4 Å². The number of nitrogens with two attached hydrogens (primary N) is 1. The number of hydrogen-bond acceptors (Lipinski definition) is 4. The van der Waals surface area contributed by atoms with Gasteiger partial charge < -0.3 is 15.2 Å². The van der Waals surface area contributed by atoms with Gasteiger partial charge in [0.1, 0.15) is 5.75 Å². The standard InChI is InChI=1S/C18H17NO3/c19-16-3-1-2-11-8-14(4-6-15(11)16)22-18(20)10-12-9-13-5-7-17(12)21-13/h1-8,12-13,17H,9-10,19H2. The molecule has 0 spiro atoms. The molecule has 1 fully saturated rings. The van der Waals surface area contributed by atoms with Gasteiger partial charge in [0.25, 0.3) is 0 Å². The van der Waals surface area contributed by atoms with E-state index in [0.29, 0.717) is 12.2 Å². The smallest absolute Gasteiger partial charge is 0.311 e. The fraction of sp³-hybridized carbons (Fsp3) is 0.278. The largest absolute Gasteiger partial charge is 0.426 e. The Morgan fingerprint density at radius 2 is 2.18 bits per heavy atom. The van der Waals surface area contributed by atoms with Crippen LogP contribution in [0.4, 0.5) is 5.69 Å². The Morgan fingerprint density at radius 1 is 1.27 bits per heavy atom. The van der Waals surface area contributed by atoms with E-state index in [-0.39, 0.29) is 24.1 Å². The minimum Gasteiger partial charge on any atom is -0.426 e. The Kier molecular flexibility index (Phi) is 3.12. The number of anilines is 1. The summed E-state index contributed by atoms with van der Waals surface area (Å²) in [6, 6.07) is 11.2. The van der Waals surface area contributed by atoms with E-state index in [2.05, 4.69) is 6.08 Å². The lowest BCUT2D eigenvalue weighted by atomic mass is 9.91. The number of benzene rings is 2. The van der Waals surface area contributed by atoms with Gasteiger partial charge in [-0.15, -0.1) is 0 Å². The van der Waals surface area contributed by atoms with Crippen molar-refractivity contribution < 1.29 is 14.3 Å². The number of esters is 1. The van der Waals surface area contributed by atoms with Crippen LogP contribution in [-0.4, -0.2) is 18.2 Å². The molecule has 3 atom stereocenters. The van der Waals surface area contributed by atoms with Gasteiger partial charge in [-0.2, -0.15) is 0 Å². The van der Waals surface area contributed by atoms with Gasteiger partial charge >= 0.3 is 5.97 Å². The molecule has 1 saturated heterocycles. The highest BCUT2D eigenvalue weighted by molar-refractivity contribution is 5.94. The maximum Gasteiger partial charge on any atom is 0.311 e. The molecule has 0 saturated carbocycles. The summed E-state index contributed by atoms with van der Waals surface area (Å²) in [5, 5.41) is 1.94. The molecule has 2 aliphatic rings. The number of carbonyl (C=O) groups excluding carboxylic acids is 1. The summed E-state index contributed by atoms with van der Waals surface area (Å²) in [6.45, 7) is 0. The molecule has 0 amide bonds. The van der Waals surface area contributed by atoms with Crippen LogP contribution < -0.4 is 10.5 Å². The minimum atomic E-state index is -0.210. The number of hydrogen-bond donors (Lipinski definition) is 1. The lowest BCUT2D eigenvalue weighted by molar-refractivity contribution is -0.135. The van der Waals surface area contributed by atoms with Crippen LogP contribution in [-0.2, 0) is 9.53 Å². The third kappa shape index (κ3) is 2.35. The van der Waals surface area contributed by atoms with Gasteiger partial charge in [-0.25, -0.2) is 0 Å². The van der Waals surface area contributed by atoms with E-state index in [9.17, 15) is 4.79 Å². The molecule has 2 heterocycles. The molecule has 22 heavy (non-hydrogen) atoms. The van der Waals surface area contributed by atoms with Crippen molar-refractivity contribution in [2.24, 2.45) is 5.92 Å². The highest BCUT2D eigenvalue weighted by atomic mass is 16.5. The van der Waals surface area contributed by atoms with E-state index in [1.165, 1.54) is 0 Å². The zero-order chi connectivity index (χ0) is 15.1. The van der Waals surface area contributed by atoms with Gasteiger partial charge in [-0.05, 0) is 36.1 Å². The van der Waals surface area contributed by atoms with Crippen LogP contribution in [0.15, 0.2) is 48.6 Å². The van der Waals surface area contributed by atoms with Gasteiger partial charge in [-0.1, -0.05) is 24.3 Å². The topological polar surface area (TPSA) is 61.5 Å². The summed E-state index contributed by atoms with van der Waals surface area (Å²) in [6.07, 6.45) is 5.68. The number of rotatable bonds is 3. The zero-order valence-electron chi connectivity index (χ0n) is 12.1. The minimum absolute atomic E-state index is 0.0777. The first kappa shape index (κ1) is 13.3. The summed E-state index contributed by atoms with van der Waals surface area (Å²) >= 11 is 0. The maximum absolute atomic E-state index is 12.1. The fourth-order valence-electron chi connectivity index (χ4n) is 3.30. The Hall–Kier alpha value is -2.33. The van der Waals surface area contributed by atoms with Crippen LogP contribution in [0.25, 0.3) is 10.8 Å². The lowest BCUT2D eigenvalue weighted by Gasteiger charge is -2.14. The zero-order valence-corrected chi connectivity index (χ0v) is 12.1. The van der Waals surface area contributed by atoms with Gasteiger partial charge in [0.15, 0.2) is 0 Å². The molecule has 4 nitrogen and oxygen atoms in total. The van der Waals surface area contributed by atoms with Gasteiger partial charge in [0.2, 0.25) is 0 Å². The fourth-order valence-corrected chi connectivity index (χ4v) is 3.30. The van der Waals surface area contributed by atoms with Crippen molar-refractivity contribution in [1.82, 2.24) is 0 Å². The monoisotopic (exact) mass is 295 g/mol. The van der Waals surface area contributed by atoms with E-state index in [4.69, 9.17) is 15.2 Å². The van der Waals surface area contributed by atoms with Crippen molar-refractivity contribution in [3.63, 3.8) is 0 Å². The molecule has 0 aliphatic carbocycles. The second-order valence-electron chi connectivity index (χ2n) is 5.93. The third-order valence-electron chi connectivity index (χ3n) is 4.39. The summed E-state index contributed by atoms with van der Waals surface area (Å²) in [7, 11) is 0. The molecule has 2 bridgehead atoms. The van der Waals surface area contributed by atoms with Gasteiger partial charge in [0, 0.05) is 17.0 Å². The highest BCUT2D eigenvalue weighted by Gasteiger charge is 2.38. The Morgan fingerprint density at radius 3 is 2.95 bits per heavy atom. The number of ether oxygens (including phenoxy) is 2. The van der Waals surface area contributed by atoms with E-state index < -0.39 is 0 Å². The van der Waals surface area contributed by atoms with E-state index in [1.807, 2.05) is 36.4 Å². The van der Waals surface area contributed by atoms with Crippen LogP contribution >= 0.6 is 0 Å². The Balaban J connectivity index is 1.46. The van der Waals surface area contributed by atoms with Crippen molar-refractivity contribution in [3.05, 3.63) is 48.6 Å². The van der Waals surface area contributed by atoms with Crippen molar-refractivity contribution in [3.8, 4) is 5.75 Å². The summed E-state index contributed by atoms with van der Waals surface area (Å²) < 4.78 is 11.1. The molecule has 0 aromatic heterocycles. The summed E-state index contributed by atoms with van der Waals surface area (Å²) in [4.78, 5) is 12.1. The number of nitrogen functional groups attached to an aromatic ring is 1. The normalized spacial score (nSPS) is 25.7. The molecule has 4 heteroatoms. The predicted molar refractivity (Wildman–Crippen MR) is 84.5 cm³/mol. The lowest BCUT2D eigenvalue weighted by Crippen LogP contribution is -2.20. The summed E-state index contributed by atoms with van der Waals surface area (Å²) in [5.41, 5.74) is 6.65. The van der Waals surface area contributed by atoms with Crippen molar-refractivity contribution in [1.29, 1.82) is 0 Å². The third-order valence-corrected chi connectivity index (χ3v) is 4.39. The predicted octanol–water partition coefficient (Wildman–Crippen LogP) is 3.06. The molecule has 2 N–H and O–H groups in total. The molecule has 112 valence electrons. The number of carbonyl (C=O) groups is 1. The first-order chi connectivity index (χ1) is 10.7. The van der Waals surface area contributed by atoms with Crippen LogP contribution in [0.3, 0.4) is 0 Å². The van der Waals surface area contributed by atoms with E-state index in [1.54, 1.807) is 6.07 Å². The molecule has 4 rings (SSSR count). The Labute approximate surface area is 128 Å². The van der Waals surface area contributed by atoms with Gasteiger partial charge in [-0.3, -0.25) is 4.79 Å². The quantitative estimate of drug-likeness (QED) is 0.409. The molecule has 2 aromatic carbocycles. The van der Waals surface area contributed by atoms with Gasteiger partial charge in [0.05, 0.1) is 18.6 Å². The second kappa shape index (κ2) is 5.14. The van der Waals surface area contributed by atoms with E-state index in [0.717, 1.165) is 22.9 Å². The molecular formula is C18H17NO3. The molecular weight excluding hydrogens is 278 g/mol. The average molecular weight is 295 g/mol. The first-order valence-electron chi connectivity index (χ1n) is 7.52.